The second-order valence-electron chi connectivity index (χ2n) is 7.05. The van der Waals surface area contributed by atoms with Crippen molar-refractivity contribution < 1.29 is 24.2 Å². The summed E-state index contributed by atoms with van der Waals surface area (Å²) >= 11 is 0. The first kappa shape index (κ1) is 18.5. The molecule has 2 N–H and O–H groups in total. The van der Waals surface area contributed by atoms with E-state index in [1.807, 2.05) is 18.2 Å². The third-order valence-electron chi connectivity index (χ3n) is 4.99. The topological polar surface area (TPSA) is 84.9 Å². The maximum absolute atomic E-state index is 12.3. The van der Waals surface area contributed by atoms with Crippen LogP contribution in [0.5, 0.6) is 11.5 Å². The van der Waals surface area contributed by atoms with Crippen LogP contribution in [0.2, 0.25) is 0 Å². The average Bonchev–Trinajstić information content (AvgIpc) is 3.44. The Bertz CT molecular complexity index is 645. The van der Waals surface area contributed by atoms with E-state index in [9.17, 15) is 9.59 Å². The van der Waals surface area contributed by atoms with Crippen LogP contribution in [0.1, 0.15) is 56.4 Å². The SMILES string of the molecule is O=C(O)CCCCCCCNC(=O)C1CC1c1ccc2c(c1)OCCO2. The van der Waals surface area contributed by atoms with E-state index in [-0.39, 0.29) is 24.2 Å². The van der Waals surface area contributed by atoms with E-state index in [0.29, 0.717) is 19.8 Å². The molecule has 1 aromatic rings. The molecule has 142 valence electrons. The number of nitrogens with one attached hydrogen (secondary N) is 1. The number of benzene rings is 1. The van der Waals surface area contributed by atoms with E-state index in [1.54, 1.807) is 0 Å². The first-order valence-corrected chi connectivity index (χ1v) is 9.54. The van der Waals surface area contributed by atoms with Crippen molar-refractivity contribution in [3.63, 3.8) is 0 Å². The van der Waals surface area contributed by atoms with Gasteiger partial charge in [-0.25, -0.2) is 0 Å². The Morgan fingerprint density at radius 3 is 2.58 bits per heavy atom. The summed E-state index contributed by atoms with van der Waals surface area (Å²) in [4.78, 5) is 22.7. The molecule has 2 unspecified atom stereocenters. The predicted molar refractivity (Wildman–Crippen MR) is 96.6 cm³/mol. The summed E-state index contributed by atoms with van der Waals surface area (Å²) in [5, 5.41) is 11.6. The summed E-state index contributed by atoms with van der Waals surface area (Å²) < 4.78 is 11.1. The van der Waals surface area contributed by atoms with Gasteiger partial charge in [0.1, 0.15) is 13.2 Å². The zero-order chi connectivity index (χ0) is 18.4. The van der Waals surface area contributed by atoms with Gasteiger partial charge in [0.2, 0.25) is 5.91 Å². The Morgan fingerprint density at radius 1 is 1.04 bits per heavy atom. The van der Waals surface area contributed by atoms with Crippen molar-refractivity contribution in [2.75, 3.05) is 19.8 Å². The van der Waals surface area contributed by atoms with Crippen LogP contribution in [0, 0.1) is 5.92 Å². The Labute approximate surface area is 153 Å². The van der Waals surface area contributed by atoms with Gasteiger partial charge in [-0.3, -0.25) is 9.59 Å². The molecule has 6 heteroatoms. The molecule has 1 heterocycles. The molecular formula is C20H27NO5. The van der Waals surface area contributed by atoms with E-state index in [0.717, 1.165) is 55.6 Å². The molecule has 1 amide bonds. The van der Waals surface area contributed by atoms with Gasteiger partial charge in [0.15, 0.2) is 11.5 Å². The summed E-state index contributed by atoms with van der Waals surface area (Å²) in [5.41, 5.74) is 1.15. The van der Waals surface area contributed by atoms with E-state index < -0.39 is 5.97 Å². The van der Waals surface area contributed by atoms with Crippen molar-refractivity contribution in [2.45, 2.75) is 50.9 Å². The van der Waals surface area contributed by atoms with Crippen LogP contribution in [-0.2, 0) is 9.59 Å². The lowest BCUT2D eigenvalue weighted by Gasteiger charge is -2.18. The summed E-state index contributed by atoms with van der Waals surface area (Å²) in [7, 11) is 0. The van der Waals surface area contributed by atoms with Crippen LogP contribution in [0.4, 0.5) is 0 Å². The Morgan fingerprint density at radius 2 is 1.77 bits per heavy atom. The highest BCUT2D eigenvalue weighted by Crippen LogP contribution is 2.49. The number of aliphatic carboxylic acids is 1. The fourth-order valence-electron chi connectivity index (χ4n) is 3.42. The molecule has 3 rings (SSSR count). The van der Waals surface area contributed by atoms with Gasteiger partial charge in [-0.05, 0) is 42.9 Å². The van der Waals surface area contributed by atoms with Crippen molar-refractivity contribution >= 4 is 11.9 Å². The molecule has 1 aliphatic heterocycles. The Hall–Kier alpha value is -2.24. The van der Waals surface area contributed by atoms with Gasteiger partial charge >= 0.3 is 5.97 Å². The van der Waals surface area contributed by atoms with Crippen LogP contribution < -0.4 is 14.8 Å². The lowest BCUT2D eigenvalue weighted by Crippen LogP contribution is -2.26. The van der Waals surface area contributed by atoms with Gasteiger partial charge < -0.3 is 19.9 Å². The minimum Gasteiger partial charge on any atom is -0.486 e. The van der Waals surface area contributed by atoms with Crippen LogP contribution in [-0.4, -0.2) is 36.7 Å². The number of hydrogen-bond acceptors (Lipinski definition) is 4. The smallest absolute Gasteiger partial charge is 0.303 e. The predicted octanol–water partition coefficient (Wildman–Crippen LogP) is 3.10. The first-order valence-electron chi connectivity index (χ1n) is 9.54. The van der Waals surface area contributed by atoms with Crippen LogP contribution >= 0.6 is 0 Å². The van der Waals surface area contributed by atoms with E-state index in [2.05, 4.69) is 5.32 Å². The van der Waals surface area contributed by atoms with Gasteiger partial charge in [0, 0.05) is 18.9 Å². The van der Waals surface area contributed by atoms with Crippen molar-refractivity contribution in [3.05, 3.63) is 23.8 Å². The minimum atomic E-state index is -0.728. The number of unbranched alkanes of at least 4 members (excludes halogenated alkanes) is 4. The molecule has 2 atom stereocenters. The van der Waals surface area contributed by atoms with E-state index in [1.165, 1.54) is 0 Å². The molecule has 1 aliphatic carbocycles. The number of rotatable bonds is 10. The third-order valence-corrected chi connectivity index (χ3v) is 4.99. The molecule has 26 heavy (non-hydrogen) atoms. The molecule has 2 aliphatic rings. The average molecular weight is 361 g/mol. The molecule has 6 nitrogen and oxygen atoms in total. The van der Waals surface area contributed by atoms with Gasteiger partial charge in [0.25, 0.3) is 0 Å². The number of carboxylic acids is 1. The summed E-state index contributed by atoms with van der Waals surface area (Å²) in [6.07, 6.45) is 5.80. The molecular weight excluding hydrogens is 334 g/mol. The van der Waals surface area contributed by atoms with Gasteiger partial charge in [0.05, 0.1) is 0 Å². The second kappa shape index (κ2) is 8.92. The number of fused-ring (bicyclic) bond motifs is 1. The molecule has 1 saturated carbocycles. The maximum atomic E-state index is 12.3. The molecule has 1 aromatic carbocycles. The second-order valence-corrected chi connectivity index (χ2v) is 7.05. The number of carbonyl (C=O) groups is 2. The number of carboxylic acid groups (broad SMARTS) is 1. The lowest BCUT2D eigenvalue weighted by molar-refractivity contribution is -0.137. The monoisotopic (exact) mass is 361 g/mol. The van der Waals surface area contributed by atoms with E-state index >= 15 is 0 Å². The van der Waals surface area contributed by atoms with Crippen LogP contribution in [0.15, 0.2) is 18.2 Å². The van der Waals surface area contributed by atoms with Crippen molar-refractivity contribution in [1.82, 2.24) is 5.32 Å². The molecule has 0 saturated heterocycles. The quantitative estimate of drug-likeness (QED) is 0.626. The normalized spacial score (nSPS) is 20.5. The highest BCUT2D eigenvalue weighted by molar-refractivity contribution is 5.82. The van der Waals surface area contributed by atoms with E-state index in [4.69, 9.17) is 14.6 Å². The Kier molecular flexibility index (Phi) is 6.36. The van der Waals surface area contributed by atoms with Gasteiger partial charge in [-0.1, -0.05) is 25.3 Å². The van der Waals surface area contributed by atoms with Crippen molar-refractivity contribution in [2.24, 2.45) is 5.92 Å². The molecule has 1 fully saturated rings. The fourth-order valence-corrected chi connectivity index (χ4v) is 3.42. The largest absolute Gasteiger partial charge is 0.486 e. The maximum Gasteiger partial charge on any atom is 0.303 e. The zero-order valence-electron chi connectivity index (χ0n) is 15.0. The Balaban J connectivity index is 1.31. The highest BCUT2D eigenvalue weighted by atomic mass is 16.6. The standard InChI is InChI=1S/C20H27NO5/c22-19(23)6-4-2-1-3-5-9-21-20(24)16-13-15(16)14-7-8-17-18(12-14)26-11-10-25-17/h7-8,12,15-16H,1-6,9-11,13H2,(H,21,24)(H,22,23). The summed E-state index contributed by atoms with van der Waals surface area (Å²) in [6, 6.07) is 5.97. The third kappa shape index (κ3) is 5.13. The van der Waals surface area contributed by atoms with Crippen molar-refractivity contribution in [3.8, 4) is 11.5 Å². The van der Waals surface area contributed by atoms with Gasteiger partial charge in [-0.15, -0.1) is 0 Å². The lowest BCUT2D eigenvalue weighted by atomic mass is 10.1. The van der Waals surface area contributed by atoms with Crippen LogP contribution in [0.3, 0.4) is 0 Å². The number of amides is 1. The van der Waals surface area contributed by atoms with Crippen LogP contribution in [0.25, 0.3) is 0 Å². The molecule has 0 radical (unpaired) electrons. The zero-order valence-corrected chi connectivity index (χ0v) is 15.0. The fraction of sp³-hybridized carbons (Fsp3) is 0.600. The summed E-state index contributed by atoms with van der Waals surface area (Å²) in [6.45, 7) is 1.85. The number of ether oxygens (including phenoxy) is 2. The molecule has 0 spiro atoms. The molecule has 0 aromatic heterocycles. The minimum absolute atomic E-state index is 0.0631. The number of hydrogen-bond donors (Lipinski definition) is 2. The highest BCUT2D eigenvalue weighted by Gasteiger charge is 2.44. The van der Waals surface area contributed by atoms with Crippen molar-refractivity contribution in [1.29, 1.82) is 0 Å². The number of carbonyl (C=O) groups excluding carboxylic acids is 1. The van der Waals surface area contributed by atoms with Gasteiger partial charge in [-0.2, -0.15) is 0 Å². The first-order chi connectivity index (χ1) is 12.6. The summed E-state index contributed by atoms with van der Waals surface area (Å²) in [5.74, 6) is 1.31. The molecule has 0 bridgehead atoms.